The number of carbonyl (C=O) groups excluding carboxylic acids is 3. The fraction of sp³-hybridized carbons (Fsp3) is 0.312. The average Bonchev–Trinajstić information content (AvgIpc) is 2.73. The van der Waals surface area contributed by atoms with Crippen molar-refractivity contribution in [2.45, 2.75) is 19.9 Å². The van der Waals surface area contributed by atoms with Crippen molar-refractivity contribution in [1.29, 1.82) is 0 Å². The van der Waals surface area contributed by atoms with Crippen LogP contribution in [0.1, 0.15) is 25.5 Å². The van der Waals surface area contributed by atoms with E-state index in [9.17, 15) is 19.5 Å². The Balaban J connectivity index is 2.44. The average molecular weight is 382 g/mol. The van der Waals surface area contributed by atoms with E-state index < -0.39 is 29.5 Å². The van der Waals surface area contributed by atoms with Crippen LogP contribution in [0.15, 0.2) is 40.1 Å². The maximum atomic E-state index is 12.3. The highest BCUT2D eigenvalue weighted by Crippen LogP contribution is 2.37. The quantitative estimate of drug-likeness (QED) is 0.791. The van der Waals surface area contributed by atoms with Gasteiger partial charge in [0.15, 0.2) is 11.5 Å². The van der Waals surface area contributed by atoms with Gasteiger partial charge in [0.05, 0.1) is 18.2 Å². The first kappa shape index (κ1) is 17.2. The van der Waals surface area contributed by atoms with Crippen molar-refractivity contribution >= 4 is 33.6 Å². The third-order valence-electron chi connectivity index (χ3n) is 3.47. The van der Waals surface area contributed by atoms with Crippen molar-refractivity contribution in [2.75, 3.05) is 13.2 Å². The Morgan fingerprint density at radius 2 is 1.91 bits per heavy atom. The van der Waals surface area contributed by atoms with Gasteiger partial charge in [-0.15, -0.1) is 0 Å². The number of Topliss-reactive ketones (excluding diaryl/α,β-unsaturated/α-hetero) is 1. The Morgan fingerprint density at radius 1 is 1.30 bits per heavy atom. The Morgan fingerprint density at radius 3 is 2.43 bits per heavy atom. The molecule has 6 nitrogen and oxygen atoms in total. The highest BCUT2D eigenvalue weighted by atomic mass is 79.9. The molecule has 1 aliphatic rings. The summed E-state index contributed by atoms with van der Waals surface area (Å²) in [6.45, 7) is 2.78. The number of hydrogen-bond acceptors (Lipinski definition) is 5. The monoisotopic (exact) mass is 381 g/mol. The maximum Gasteiger partial charge on any atom is 0.325 e. The number of halogens is 1. The molecule has 1 heterocycles. The van der Waals surface area contributed by atoms with E-state index >= 15 is 0 Å². The summed E-state index contributed by atoms with van der Waals surface area (Å²) in [4.78, 5) is 37.0. The third-order valence-corrected chi connectivity index (χ3v) is 4.00. The molecular formula is C16H16BrNO5. The number of aliphatic hydroxyl groups excluding tert-OH is 1. The molecule has 1 aliphatic heterocycles. The lowest BCUT2D eigenvalue weighted by atomic mass is 9.97. The van der Waals surface area contributed by atoms with Gasteiger partial charge in [0.25, 0.3) is 5.91 Å². The van der Waals surface area contributed by atoms with Crippen molar-refractivity contribution in [3.8, 4) is 0 Å². The van der Waals surface area contributed by atoms with Crippen LogP contribution >= 0.6 is 15.9 Å². The van der Waals surface area contributed by atoms with E-state index in [-0.39, 0.29) is 18.7 Å². The molecule has 0 spiro atoms. The number of nitrogens with zero attached hydrogens (tertiary/aromatic N) is 1. The lowest BCUT2D eigenvalue weighted by Crippen LogP contribution is -2.36. The molecule has 0 aromatic heterocycles. The van der Waals surface area contributed by atoms with Crippen molar-refractivity contribution in [1.82, 2.24) is 4.90 Å². The number of amides is 1. The Kier molecular flexibility index (Phi) is 5.20. The first-order chi connectivity index (χ1) is 10.9. The highest BCUT2D eigenvalue weighted by Gasteiger charge is 2.43. The molecule has 7 heteroatoms. The molecule has 0 saturated carbocycles. The summed E-state index contributed by atoms with van der Waals surface area (Å²) in [5.41, 5.74) is 0.613. The summed E-state index contributed by atoms with van der Waals surface area (Å²) in [5.74, 6) is -2.39. The Bertz CT molecular complexity index is 680. The molecule has 2 rings (SSSR count). The van der Waals surface area contributed by atoms with Crippen molar-refractivity contribution < 1.29 is 24.2 Å². The summed E-state index contributed by atoms with van der Waals surface area (Å²) in [5, 5.41) is 10.0. The van der Waals surface area contributed by atoms with E-state index in [2.05, 4.69) is 15.9 Å². The van der Waals surface area contributed by atoms with Gasteiger partial charge in [-0.3, -0.25) is 14.4 Å². The molecule has 0 aliphatic carbocycles. The van der Waals surface area contributed by atoms with Gasteiger partial charge in [-0.05, 0) is 31.5 Å². The van der Waals surface area contributed by atoms with Gasteiger partial charge in [0, 0.05) is 4.47 Å². The minimum atomic E-state index is -0.808. The van der Waals surface area contributed by atoms with Gasteiger partial charge in [0.2, 0.25) is 0 Å². The van der Waals surface area contributed by atoms with E-state index in [1.54, 1.807) is 31.2 Å². The van der Waals surface area contributed by atoms with E-state index in [0.29, 0.717) is 5.56 Å². The minimum Gasteiger partial charge on any atom is -0.503 e. The van der Waals surface area contributed by atoms with E-state index in [0.717, 1.165) is 9.37 Å². The summed E-state index contributed by atoms with van der Waals surface area (Å²) in [6.07, 6.45) is 0. The normalized spacial score (nSPS) is 17.6. The van der Waals surface area contributed by atoms with Crippen molar-refractivity contribution in [3.63, 3.8) is 0 Å². The number of rotatable bonds is 5. The molecule has 1 amide bonds. The van der Waals surface area contributed by atoms with Crippen LogP contribution in [-0.2, 0) is 19.1 Å². The fourth-order valence-electron chi connectivity index (χ4n) is 2.51. The van der Waals surface area contributed by atoms with Crippen LogP contribution in [0.25, 0.3) is 0 Å². The number of carbonyl (C=O) groups is 3. The first-order valence-electron chi connectivity index (χ1n) is 7.03. The zero-order chi connectivity index (χ0) is 17.1. The molecule has 23 heavy (non-hydrogen) atoms. The summed E-state index contributed by atoms with van der Waals surface area (Å²) in [7, 11) is 0. The smallest absolute Gasteiger partial charge is 0.325 e. The molecule has 122 valence electrons. The lowest BCUT2D eigenvalue weighted by molar-refractivity contribution is -0.148. The summed E-state index contributed by atoms with van der Waals surface area (Å²) >= 11 is 3.31. The molecule has 1 atom stereocenters. The lowest BCUT2D eigenvalue weighted by Gasteiger charge is -2.25. The standard InChI is InChI=1S/C16H16BrNO5/c1-3-23-12(20)8-18-14(10-4-6-11(17)7-5-10)13(9(2)19)15(21)16(18)22/h4-7,14,21H,3,8H2,1-2H3/t14-/m0/s1. The second-order valence-electron chi connectivity index (χ2n) is 5.01. The van der Waals surface area contributed by atoms with Crippen LogP contribution in [0.4, 0.5) is 0 Å². The molecule has 0 unspecified atom stereocenters. The predicted octanol–water partition coefficient (Wildman–Crippen LogP) is 2.30. The van der Waals surface area contributed by atoms with Gasteiger partial charge in [0.1, 0.15) is 6.54 Å². The summed E-state index contributed by atoms with van der Waals surface area (Å²) in [6, 6.07) is 6.16. The number of ketones is 1. The number of benzene rings is 1. The molecule has 1 N–H and O–H groups in total. The second-order valence-corrected chi connectivity index (χ2v) is 5.93. The molecule has 0 bridgehead atoms. The van der Waals surface area contributed by atoms with Crippen molar-refractivity contribution in [2.24, 2.45) is 0 Å². The van der Waals surface area contributed by atoms with Gasteiger partial charge in [-0.25, -0.2) is 0 Å². The van der Waals surface area contributed by atoms with E-state index in [4.69, 9.17) is 4.74 Å². The highest BCUT2D eigenvalue weighted by molar-refractivity contribution is 9.10. The molecule has 1 aromatic rings. The Hall–Kier alpha value is -2.15. The SMILES string of the molecule is CCOC(=O)CN1C(=O)C(O)=C(C(C)=O)[C@@H]1c1ccc(Br)cc1. The van der Waals surface area contributed by atoms with Gasteiger partial charge < -0.3 is 14.7 Å². The van der Waals surface area contributed by atoms with Crippen LogP contribution in [-0.4, -0.2) is 40.8 Å². The largest absolute Gasteiger partial charge is 0.503 e. The first-order valence-corrected chi connectivity index (χ1v) is 7.82. The topological polar surface area (TPSA) is 83.9 Å². The van der Waals surface area contributed by atoms with Gasteiger partial charge >= 0.3 is 5.97 Å². The zero-order valence-corrected chi connectivity index (χ0v) is 14.3. The summed E-state index contributed by atoms with van der Waals surface area (Å²) < 4.78 is 5.69. The number of ether oxygens (including phenoxy) is 1. The second kappa shape index (κ2) is 6.95. The minimum absolute atomic E-state index is 0.0124. The van der Waals surface area contributed by atoms with Gasteiger partial charge in [-0.2, -0.15) is 0 Å². The predicted molar refractivity (Wildman–Crippen MR) is 85.6 cm³/mol. The zero-order valence-electron chi connectivity index (χ0n) is 12.7. The third kappa shape index (κ3) is 3.44. The van der Waals surface area contributed by atoms with Crippen LogP contribution in [0, 0.1) is 0 Å². The molecule has 1 aromatic carbocycles. The van der Waals surface area contributed by atoms with Crippen LogP contribution in [0.5, 0.6) is 0 Å². The van der Waals surface area contributed by atoms with Crippen LogP contribution < -0.4 is 0 Å². The van der Waals surface area contributed by atoms with E-state index in [1.165, 1.54) is 6.92 Å². The molecule has 0 saturated heterocycles. The maximum absolute atomic E-state index is 12.3. The molecule has 0 radical (unpaired) electrons. The number of aliphatic hydroxyl groups is 1. The number of esters is 1. The van der Waals surface area contributed by atoms with Gasteiger partial charge in [-0.1, -0.05) is 28.1 Å². The van der Waals surface area contributed by atoms with Crippen LogP contribution in [0.2, 0.25) is 0 Å². The molecule has 0 fully saturated rings. The van der Waals surface area contributed by atoms with Crippen LogP contribution in [0.3, 0.4) is 0 Å². The fourth-order valence-corrected chi connectivity index (χ4v) is 2.78. The number of hydrogen-bond donors (Lipinski definition) is 1. The Labute approximate surface area is 141 Å². The van der Waals surface area contributed by atoms with Crippen molar-refractivity contribution in [3.05, 3.63) is 45.6 Å². The van der Waals surface area contributed by atoms with E-state index in [1.807, 2.05) is 0 Å². The molecular weight excluding hydrogens is 366 g/mol.